The molecule has 0 bridgehead atoms. The van der Waals surface area contributed by atoms with Crippen LogP contribution >= 0.6 is 11.3 Å². The smallest absolute Gasteiger partial charge is 0.409 e. The fourth-order valence-corrected chi connectivity index (χ4v) is 4.83. The van der Waals surface area contributed by atoms with Crippen LogP contribution in [0.5, 0.6) is 0 Å². The van der Waals surface area contributed by atoms with E-state index in [9.17, 15) is 9.59 Å². The second-order valence-corrected chi connectivity index (χ2v) is 8.89. The second kappa shape index (κ2) is 9.62. The first-order valence-electron chi connectivity index (χ1n) is 10.8. The molecule has 1 aliphatic rings. The van der Waals surface area contributed by atoms with Gasteiger partial charge in [0.15, 0.2) is 11.6 Å². The monoisotopic (exact) mass is 469 g/mol. The number of rotatable bonds is 5. The van der Waals surface area contributed by atoms with Crippen LogP contribution in [-0.4, -0.2) is 66.8 Å². The first-order valence-corrected chi connectivity index (χ1v) is 11.6. The number of aromatic nitrogens is 2. The zero-order valence-corrected chi connectivity index (χ0v) is 20.0. The van der Waals surface area contributed by atoms with Gasteiger partial charge < -0.3 is 24.6 Å². The number of para-hydroxylation sites is 2. The lowest BCUT2D eigenvalue weighted by Crippen LogP contribution is -2.49. The minimum Gasteiger partial charge on any atom is -0.465 e. The molecule has 0 spiro atoms. The van der Waals surface area contributed by atoms with E-state index >= 15 is 0 Å². The van der Waals surface area contributed by atoms with E-state index in [4.69, 9.17) is 19.4 Å². The number of esters is 1. The third kappa shape index (κ3) is 4.56. The first kappa shape index (κ1) is 22.8. The maximum atomic E-state index is 12.5. The van der Waals surface area contributed by atoms with Gasteiger partial charge in [0, 0.05) is 31.1 Å². The van der Waals surface area contributed by atoms with Crippen molar-refractivity contribution in [1.82, 2.24) is 14.9 Å². The fraction of sp³-hybridized carbons (Fsp3) is 0.391. The van der Waals surface area contributed by atoms with E-state index in [1.54, 1.807) is 11.8 Å². The van der Waals surface area contributed by atoms with E-state index in [-0.39, 0.29) is 6.09 Å². The summed E-state index contributed by atoms with van der Waals surface area (Å²) in [5, 5.41) is 4.03. The molecule has 1 amide bonds. The summed E-state index contributed by atoms with van der Waals surface area (Å²) in [7, 11) is 1.38. The second-order valence-electron chi connectivity index (χ2n) is 7.66. The number of amides is 1. The molecular formula is C23H27N5O4S. The summed E-state index contributed by atoms with van der Waals surface area (Å²) in [4.78, 5) is 39.1. The van der Waals surface area contributed by atoms with Gasteiger partial charge in [-0.15, -0.1) is 11.3 Å². The highest BCUT2D eigenvalue weighted by Gasteiger charge is 2.27. The molecule has 0 aliphatic carbocycles. The Balaban J connectivity index is 1.69. The van der Waals surface area contributed by atoms with Gasteiger partial charge >= 0.3 is 12.1 Å². The number of methoxy groups -OCH3 is 1. The third-order valence-corrected chi connectivity index (χ3v) is 6.79. The molecule has 0 atom stereocenters. The van der Waals surface area contributed by atoms with E-state index < -0.39 is 5.97 Å². The zero-order valence-electron chi connectivity index (χ0n) is 19.2. The number of hydrogen-bond donors (Lipinski definition) is 1. The number of piperazine rings is 1. The molecule has 3 aromatic rings. The van der Waals surface area contributed by atoms with Crippen LogP contribution in [0.25, 0.3) is 11.0 Å². The number of nitrogens with one attached hydrogen (secondary N) is 1. The molecule has 174 valence electrons. The Labute approximate surface area is 196 Å². The van der Waals surface area contributed by atoms with Crippen LogP contribution in [0.15, 0.2) is 24.3 Å². The predicted octanol–water partition coefficient (Wildman–Crippen LogP) is 4.12. The minimum absolute atomic E-state index is 0.299. The van der Waals surface area contributed by atoms with Crippen molar-refractivity contribution in [1.29, 1.82) is 0 Å². The quantitative estimate of drug-likeness (QED) is 0.558. The van der Waals surface area contributed by atoms with E-state index in [1.807, 2.05) is 38.1 Å². The number of fused-ring (bicyclic) bond motifs is 1. The van der Waals surface area contributed by atoms with E-state index in [2.05, 4.69) is 10.2 Å². The Morgan fingerprint density at radius 3 is 2.39 bits per heavy atom. The Bertz CT molecular complexity index is 1190. The van der Waals surface area contributed by atoms with Crippen molar-refractivity contribution in [3.63, 3.8) is 0 Å². The molecule has 10 heteroatoms. The molecular weight excluding hydrogens is 442 g/mol. The number of anilines is 3. The average Bonchev–Trinajstić information content (AvgIpc) is 3.11. The van der Waals surface area contributed by atoms with Gasteiger partial charge in [0.1, 0.15) is 5.00 Å². The van der Waals surface area contributed by atoms with Crippen molar-refractivity contribution in [2.75, 3.05) is 50.1 Å². The van der Waals surface area contributed by atoms with Gasteiger partial charge in [-0.1, -0.05) is 12.1 Å². The van der Waals surface area contributed by atoms with Crippen LogP contribution in [0.2, 0.25) is 0 Å². The maximum Gasteiger partial charge on any atom is 0.409 e. The summed E-state index contributed by atoms with van der Waals surface area (Å²) >= 11 is 1.48. The van der Waals surface area contributed by atoms with Crippen LogP contribution in [0.1, 0.15) is 27.7 Å². The molecule has 1 aromatic carbocycles. The molecule has 1 saturated heterocycles. The molecule has 2 aromatic heterocycles. The topological polar surface area (TPSA) is 96.9 Å². The highest BCUT2D eigenvalue weighted by atomic mass is 32.1. The maximum absolute atomic E-state index is 12.5. The van der Waals surface area contributed by atoms with Crippen molar-refractivity contribution >= 4 is 51.1 Å². The lowest BCUT2D eigenvalue weighted by Gasteiger charge is -2.35. The van der Waals surface area contributed by atoms with Gasteiger partial charge in [-0.3, -0.25) is 0 Å². The van der Waals surface area contributed by atoms with E-state index in [0.29, 0.717) is 55.0 Å². The molecule has 4 rings (SSSR count). The Morgan fingerprint density at radius 2 is 1.76 bits per heavy atom. The number of thiophene rings is 1. The predicted molar refractivity (Wildman–Crippen MR) is 129 cm³/mol. The van der Waals surface area contributed by atoms with E-state index in [1.165, 1.54) is 18.4 Å². The highest BCUT2D eigenvalue weighted by molar-refractivity contribution is 7.16. The van der Waals surface area contributed by atoms with Crippen molar-refractivity contribution in [3.05, 3.63) is 40.3 Å². The summed E-state index contributed by atoms with van der Waals surface area (Å²) in [5.41, 5.74) is 2.91. The number of carbonyl (C=O) groups excluding carboxylic acids is 2. The molecule has 0 unspecified atom stereocenters. The summed E-state index contributed by atoms with van der Waals surface area (Å²) in [6, 6.07) is 7.66. The third-order valence-electron chi connectivity index (χ3n) is 5.66. The molecule has 9 nitrogen and oxygen atoms in total. The van der Waals surface area contributed by atoms with Crippen LogP contribution in [-0.2, 0) is 9.47 Å². The van der Waals surface area contributed by atoms with Crippen molar-refractivity contribution in [3.8, 4) is 0 Å². The van der Waals surface area contributed by atoms with Crippen molar-refractivity contribution < 1.29 is 19.1 Å². The lowest BCUT2D eigenvalue weighted by atomic mass is 10.1. The van der Waals surface area contributed by atoms with Gasteiger partial charge in [-0.05, 0) is 38.5 Å². The number of benzene rings is 1. The standard InChI is InChI=1S/C23H27N5O4S/c1-5-32-23(30)28-12-10-27(11-13-28)20-19(24-16-8-6-7-9-17(16)25-20)26-21-18(22(29)31-4)14(2)15(3)33-21/h6-9H,5,10-13H2,1-4H3,(H,24,26). The van der Waals surface area contributed by atoms with Crippen LogP contribution in [0.3, 0.4) is 0 Å². The Hall–Kier alpha value is -3.40. The molecule has 0 saturated carbocycles. The first-order chi connectivity index (χ1) is 15.9. The van der Waals surface area contributed by atoms with Crippen LogP contribution in [0.4, 0.5) is 21.4 Å². The highest BCUT2D eigenvalue weighted by Crippen LogP contribution is 2.37. The molecule has 1 N–H and O–H groups in total. The summed E-state index contributed by atoms with van der Waals surface area (Å²) in [6.07, 6.45) is -0.299. The fourth-order valence-electron chi connectivity index (χ4n) is 3.78. The summed E-state index contributed by atoms with van der Waals surface area (Å²) in [6.45, 7) is 8.26. The zero-order chi connectivity index (χ0) is 23.5. The number of ether oxygens (including phenoxy) is 2. The largest absolute Gasteiger partial charge is 0.465 e. The van der Waals surface area contributed by atoms with Gasteiger partial charge in [0.2, 0.25) is 0 Å². The van der Waals surface area contributed by atoms with Crippen LogP contribution in [0, 0.1) is 13.8 Å². The SMILES string of the molecule is CCOC(=O)N1CCN(c2nc3ccccc3nc2Nc2sc(C)c(C)c2C(=O)OC)CC1. The normalized spacial score (nSPS) is 13.8. The summed E-state index contributed by atoms with van der Waals surface area (Å²) < 4.78 is 10.1. The molecule has 1 aliphatic heterocycles. The Kier molecular flexibility index (Phi) is 6.64. The van der Waals surface area contributed by atoms with Gasteiger partial charge in [-0.25, -0.2) is 19.6 Å². The summed E-state index contributed by atoms with van der Waals surface area (Å²) in [5.74, 6) is 0.846. The van der Waals surface area contributed by atoms with Crippen molar-refractivity contribution in [2.45, 2.75) is 20.8 Å². The average molecular weight is 470 g/mol. The number of aryl methyl sites for hydroxylation is 1. The van der Waals surface area contributed by atoms with Gasteiger partial charge in [0.25, 0.3) is 0 Å². The molecule has 0 radical (unpaired) electrons. The number of carbonyl (C=O) groups is 2. The lowest BCUT2D eigenvalue weighted by molar-refractivity contribution is 0.0601. The van der Waals surface area contributed by atoms with Gasteiger partial charge in [0.05, 0.1) is 30.3 Å². The minimum atomic E-state index is -0.391. The Morgan fingerprint density at radius 1 is 1.09 bits per heavy atom. The molecule has 3 heterocycles. The van der Waals surface area contributed by atoms with Crippen LogP contribution < -0.4 is 10.2 Å². The number of nitrogens with zero attached hydrogens (tertiary/aromatic N) is 4. The van der Waals surface area contributed by atoms with Crippen molar-refractivity contribution in [2.24, 2.45) is 0 Å². The molecule has 33 heavy (non-hydrogen) atoms. The van der Waals surface area contributed by atoms with Gasteiger partial charge in [-0.2, -0.15) is 0 Å². The number of hydrogen-bond acceptors (Lipinski definition) is 9. The van der Waals surface area contributed by atoms with E-state index in [0.717, 1.165) is 21.5 Å². The molecule has 1 fully saturated rings.